The highest BCUT2D eigenvalue weighted by molar-refractivity contribution is 6.34. The molecule has 0 saturated heterocycles. The van der Waals surface area contributed by atoms with Gasteiger partial charge in [0, 0.05) is 13.0 Å². The molecule has 3 N–H and O–H groups in total. The number of nitrogens with zero attached hydrogens (tertiary/aromatic N) is 5. The zero-order valence-electron chi connectivity index (χ0n) is 15.1. The molecule has 0 spiro atoms. The first-order chi connectivity index (χ1) is 13.8. The van der Waals surface area contributed by atoms with Crippen LogP contribution >= 0.6 is 11.6 Å². The lowest BCUT2D eigenvalue weighted by Gasteiger charge is -2.12. The Hall–Kier alpha value is -3.44. The van der Waals surface area contributed by atoms with Crippen molar-refractivity contribution < 1.29 is 29.6 Å². The molecular formula is C17H16ClN5O6. The summed E-state index contributed by atoms with van der Waals surface area (Å²) in [5.41, 5.74) is 1.38. The molecule has 0 aliphatic carbocycles. The van der Waals surface area contributed by atoms with Crippen molar-refractivity contribution in [2.75, 3.05) is 18.6 Å². The third kappa shape index (κ3) is 4.05. The maximum absolute atomic E-state index is 11.3. The smallest absolute Gasteiger partial charge is 0.424 e. The van der Waals surface area contributed by atoms with E-state index in [0.29, 0.717) is 16.8 Å². The first-order valence-electron chi connectivity index (χ1n) is 8.28. The van der Waals surface area contributed by atoms with E-state index in [2.05, 4.69) is 15.1 Å². The largest absolute Gasteiger partial charge is 0.497 e. The number of ether oxygens (including phenoxy) is 1. The van der Waals surface area contributed by atoms with Crippen molar-refractivity contribution in [3.05, 3.63) is 40.7 Å². The van der Waals surface area contributed by atoms with Gasteiger partial charge in [-0.1, -0.05) is 23.7 Å². The van der Waals surface area contributed by atoms with E-state index in [9.17, 15) is 14.7 Å². The summed E-state index contributed by atoms with van der Waals surface area (Å²) in [6, 6.07) is 7.14. The summed E-state index contributed by atoms with van der Waals surface area (Å²) >= 11 is 6.20. The molecule has 29 heavy (non-hydrogen) atoms. The summed E-state index contributed by atoms with van der Waals surface area (Å²) in [5, 5.41) is 32.2. The minimum Gasteiger partial charge on any atom is -0.497 e. The summed E-state index contributed by atoms with van der Waals surface area (Å²) in [4.78, 5) is 30.4. The third-order valence-corrected chi connectivity index (χ3v) is 4.30. The highest BCUT2D eigenvalue weighted by atomic mass is 35.5. The van der Waals surface area contributed by atoms with E-state index in [4.69, 9.17) is 26.6 Å². The van der Waals surface area contributed by atoms with Crippen LogP contribution in [-0.4, -0.2) is 61.0 Å². The number of fused-ring (bicyclic) bond motifs is 1. The van der Waals surface area contributed by atoms with Crippen molar-refractivity contribution in [3.8, 4) is 5.75 Å². The van der Waals surface area contributed by atoms with Gasteiger partial charge in [0.2, 0.25) is 5.95 Å². The van der Waals surface area contributed by atoms with Gasteiger partial charge in [-0.3, -0.25) is 0 Å². The summed E-state index contributed by atoms with van der Waals surface area (Å²) in [7, 11) is 1.55. The predicted octanol–water partition coefficient (Wildman–Crippen LogP) is 2.23. The van der Waals surface area contributed by atoms with Crippen LogP contribution in [0, 0.1) is 0 Å². The lowest BCUT2D eigenvalue weighted by atomic mass is 10.2. The molecular weight excluding hydrogens is 406 g/mol. The molecule has 0 atom stereocenters. The Morgan fingerprint density at radius 3 is 2.38 bits per heavy atom. The third-order valence-electron chi connectivity index (χ3n) is 4.03. The summed E-state index contributed by atoms with van der Waals surface area (Å²) in [5.74, 6) is 0.0557. The second kappa shape index (κ2) is 8.29. The van der Waals surface area contributed by atoms with Gasteiger partial charge in [-0.2, -0.15) is 15.1 Å². The molecule has 0 fully saturated rings. The van der Waals surface area contributed by atoms with Gasteiger partial charge in [-0.25, -0.2) is 14.3 Å². The minimum atomic E-state index is -1.77. The van der Waals surface area contributed by atoms with Crippen LogP contribution in [0.15, 0.2) is 24.3 Å². The van der Waals surface area contributed by atoms with Gasteiger partial charge >= 0.3 is 12.2 Å². The molecule has 0 saturated carbocycles. The quantitative estimate of drug-likeness (QED) is 0.508. The Kier molecular flexibility index (Phi) is 5.80. The lowest BCUT2D eigenvalue weighted by molar-refractivity contribution is 0.184. The van der Waals surface area contributed by atoms with Crippen LogP contribution in [0.2, 0.25) is 5.15 Å². The Bertz CT molecular complexity index is 1050. The van der Waals surface area contributed by atoms with Gasteiger partial charge in [0.15, 0.2) is 5.65 Å². The van der Waals surface area contributed by atoms with Gasteiger partial charge in [-0.15, -0.1) is 4.90 Å². The average molecular weight is 422 g/mol. The standard InChI is InChI=1S/C17H16ClN5O6/c1-29-10-4-2-9(3-5-10)8-22-14-12(11(21-22)6-7-24)13(18)19-15(20-14)23(16(25)26)17(27)28/h2-5,24H,6-8H2,1H3,(H,25,26)(H,27,28). The van der Waals surface area contributed by atoms with Crippen molar-refractivity contribution in [1.29, 1.82) is 0 Å². The number of methoxy groups -OCH3 is 1. The van der Waals surface area contributed by atoms with Crippen molar-refractivity contribution in [3.63, 3.8) is 0 Å². The van der Waals surface area contributed by atoms with Crippen LogP contribution < -0.4 is 9.64 Å². The number of halogens is 1. The van der Waals surface area contributed by atoms with Crippen LogP contribution in [0.5, 0.6) is 5.75 Å². The summed E-state index contributed by atoms with van der Waals surface area (Å²) < 4.78 is 6.57. The molecule has 0 radical (unpaired) electrons. The number of hydrogen-bond donors (Lipinski definition) is 3. The molecule has 11 nitrogen and oxygen atoms in total. The number of amides is 2. The highest BCUT2D eigenvalue weighted by Crippen LogP contribution is 2.28. The fraction of sp³-hybridized carbons (Fsp3) is 0.235. The van der Waals surface area contributed by atoms with Crippen LogP contribution in [0.3, 0.4) is 0 Å². The van der Waals surface area contributed by atoms with E-state index in [1.807, 2.05) is 12.1 Å². The number of rotatable bonds is 6. The number of aromatic nitrogens is 4. The summed E-state index contributed by atoms with van der Waals surface area (Å²) in [6.45, 7) is 0.0297. The van der Waals surface area contributed by atoms with Crippen molar-refractivity contribution in [2.24, 2.45) is 0 Å². The van der Waals surface area contributed by atoms with E-state index in [-0.39, 0.29) is 35.3 Å². The molecule has 0 unspecified atom stereocenters. The van der Waals surface area contributed by atoms with E-state index in [1.54, 1.807) is 19.2 Å². The number of aliphatic hydroxyl groups excluding tert-OH is 1. The second-order valence-corrected chi connectivity index (χ2v) is 6.20. The van der Waals surface area contributed by atoms with Crippen LogP contribution in [0.4, 0.5) is 15.5 Å². The monoisotopic (exact) mass is 421 g/mol. The average Bonchev–Trinajstić information content (AvgIpc) is 3.00. The van der Waals surface area contributed by atoms with E-state index in [0.717, 1.165) is 5.56 Å². The second-order valence-electron chi connectivity index (χ2n) is 5.84. The maximum Gasteiger partial charge on any atom is 0.424 e. The van der Waals surface area contributed by atoms with Crippen molar-refractivity contribution >= 4 is 40.8 Å². The fourth-order valence-corrected chi connectivity index (χ4v) is 3.01. The molecule has 3 aromatic rings. The Balaban J connectivity index is 2.14. The number of benzene rings is 1. The van der Waals surface area contributed by atoms with Crippen molar-refractivity contribution in [1.82, 2.24) is 19.7 Å². The first-order valence-corrected chi connectivity index (χ1v) is 8.66. The molecule has 2 amide bonds. The van der Waals surface area contributed by atoms with Crippen LogP contribution in [0.25, 0.3) is 11.0 Å². The van der Waals surface area contributed by atoms with E-state index < -0.39 is 18.1 Å². The molecule has 152 valence electrons. The summed E-state index contributed by atoms with van der Waals surface area (Å²) in [6.07, 6.45) is -3.38. The Morgan fingerprint density at radius 1 is 1.17 bits per heavy atom. The Labute approximate surface area is 168 Å². The number of aliphatic hydroxyl groups is 1. The number of imide groups is 1. The zero-order chi connectivity index (χ0) is 21.1. The maximum atomic E-state index is 11.3. The zero-order valence-corrected chi connectivity index (χ0v) is 15.9. The molecule has 3 rings (SSSR count). The van der Waals surface area contributed by atoms with Gasteiger partial charge in [-0.05, 0) is 17.7 Å². The topological polar surface area (TPSA) is 151 Å². The van der Waals surface area contributed by atoms with E-state index >= 15 is 0 Å². The molecule has 0 aliphatic rings. The SMILES string of the molecule is COc1ccc(Cn2nc(CCO)c3c(Cl)nc(N(C(=O)O)C(=O)O)nc32)cc1. The van der Waals surface area contributed by atoms with Gasteiger partial charge in [0.25, 0.3) is 0 Å². The number of carbonyl (C=O) groups is 2. The minimum absolute atomic E-state index is 0.0399. The molecule has 12 heteroatoms. The molecule has 2 aromatic heterocycles. The first kappa shape index (κ1) is 20.3. The lowest BCUT2D eigenvalue weighted by Crippen LogP contribution is -2.36. The molecule has 0 bridgehead atoms. The predicted molar refractivity (Wildman–Crippen MR) is 102 cm³/mol. The molecule has 2 heterocycles. The van der Waals surface area contributed by atoms with Crippen LogP contribution in [0.1, 0.15) is 11.3 Å². The van der Waals surface area contributed by atoms with Gasteiger partial charge in [0.05, 0.1) is 24.7 Å². The van der Waals surface area contributed by atoms with Crippen molar-refractivity contribution in [2.45, 2.75) is 13.0 Å². The highest BCUT2D eigenvalue weighted by Gasteiger charge is 2.28. The number of anilines is 1. The van der Waals surface area contributed by atoms with Gasteiger partial charge < -0.3 is 20.1 Å². The van der Waals surface area contributed by atoms with Gasteiger partial charge in [0.1, 0.15) is 10.9 Å². The number of carboxylic acid groups (broad SMARTS) is 2. The Morgan fingerprint density at radius 2 is 1.83 bits per heavy atom. The molecule has 0 aliphatic heterocycles. The fourth-order valence-electron chi connectivity index (χ4n) is 2.74. The van der Waals surface area contributed by atoms with E-state index in [1.165, 1.54) is 4.68 Å². The normalized spacial score (nSPS) is 10.9. The van der Waals surface area contributed by atoms with Crippen LogP contribution in [-0.2, 0) is 13.0 Å². The number of hydrogen-bond acceptors (Lipinski definition) is 7. The molecule has 1 aromatic carbocycles.